The number of carbonyl (C=O) groups excluding carboxylic acids is 1. The average Bonchev–Trinajstić information content (AvgIpc) is 3.52. The second-order valence-electron chi connectivity index (χ2n) is 12.0. The lowest BCUT2D eigenvalue weighted by atomic mass is 9.85. The van der Waals surface area contributed by atoms with E-state index >= 15 is 0 Å². The third-order valence-corrected chi connectivity index (χ3v) is 10.5. The average molecular weight is 685 g/mol. The molecule has 0 radical (unpaired) electrons. The zero-order valence-corrected chi connectivity index (χ0v) is 29.5. The summed E-state index contributed by atoms with van der Waals surface area (Å²) in [6.07, 6.45) is 2.48. The second kappa shape index (κ2) is 13.7. The number of carbonyl (C=O) groups is 1. The third-order valence-electron chi connectivity index (χ3n) is 8.33. The van der Waals surface area contributed by atoms with Gasteiger partial charge in [0.05, 0.1) is 16.4 Å². The van der Waals surface area contributed by atoms with Crippen molar-refractivity contribution in [3.05, 3.63) is 87.2 Å². The third kappa shape index (κ3) is 7.10. The molecule has 3 aromatic rings. The van der Waals surface area contributed by atoms with E-state index in [2.05, 4.69) is 35.7 Å². The Morgan fingerprint density at radius 3 is 2.69 bits per heavy atom. The molecular weight excluding hydrogens is 648 g/mol. The van der Waals surface area contributed by atoms with Gasteiger partial charge in [-0.1, -0.05) is 78.1 Å². The summed E-state index contributed by atoms with van der Waals surface area (Å²) in [7, 11) is 4.46. The molecule has 236 valence electrons. The zero-order valence-electron chi connectivity index (χ0n) is 25.5. The van der Waals surface area contributed by atoms with Crippen LogP contribution in [0.3, 0.4) is 0 Å². The maximum absolute atomic E-state index is 14.1. The molecule has 12 heteroatoms. The summed E-state index contributed by atoms with van der Waals surface area (Å²) >= 11 is 6.81. The van der Waals surface area contributed by atoms with E-state index in [0.29, 0.717) is 41.3 Å². The van der Waals surface area contributed by atoms with Crippen LogP contribution in [0, 0.1) is 11.8 Å². The van der Waals surface area contributed by atoms with Crippen molar-refractivity contribution < 1.29 is 18.8 Å². The standard InChI is InChI=1S/C33H37ClFN4O3P3/c1-17(2)39-27(13-26(37-39)32(40)43)25-14-28(42-38-25)21-11-10-20(12-24(21)34)41-16-23-30(19-8-9-19)18(3)15-36-31(23)22-6-4-5-7-29(22)45-33(35)44/h4-7,10-13,17-19,28,33,45H,8-9,14-16,43-44H2,1-3H3. The highest BCUT2D eigenvalue weighted by atomic mass is 35.5. The Hall–Kier alpha value is -2.49. The molecular formula is C33H37ClFN4O3P3. The summed E-state index contributed by atoms with van der Waals surface area (Å²) in [5, 5.41) is 10.3. The summed E-state index contributed by atoms with van der Waals surface area (Å²) < 4.78 is 22.3. The second-order valence-corrected chi connectivity index (χ2v) is 15.6. The Kier molecular flexibility index (Phi) is 9.88. The molecule has 1 aromatic heterocycles. The fourth-order valence-corrected chi connectivity index (χ4v) is 7.92. The van der Waals surface area contributed by atoms with Crippen LogP contribution in [0.4, 0.5) is 4.39 Å². The maximum Gasteiger partial charge on any atom is 0.198 e. The molecule has 0 spiro atoms. The molecule has 7 nitrogen and oxygen atoms in total. The molecule has 0 bridgehead atoms. The molecule has 2 aromatic carbocycles. The van der Waals surface area contributed by atoms with Crippen LogP contribution in [0.25, 0.3) is 0 Å². The number of halogens is 2. The van der Waals surface area contributed by atoms with Crippen LogP contribution in [-0.4, -0.2) is 45.5 Å². The van der Waals surface area contributed by atoms with Gasteiger partial charge in [-0.15, -0.1) is 0 Å². The van der Waals surface area contributed by atoms with Gasteiger partial charge in [-0.25, -0.2) is 4.39 Å². The van der Waals surface area contributed by atoms with Crippen LogP contribution in [0.1, 0.15) is 79.5 Å². The van der Waals surface area contributed by atoms with Gasteiger partial charge in [-0.2, -0.15) is 5.10 Å². The van der Waals surface area contributed by atoms with E-state index < -0.39 is 5.65 Å². The highest BCUT2D eigenvalue weighted by molar-refractivity contribution is 7.56. The van der Waals surface area contributed by atoms with Gasteiger partial charge >= 0.3 is 0 Å². The minimum Gasteiger partial charge on any atom is -0.489 e. The number of rotatable bonds is 11. The van der Waals surface area contributed by atoms with Gasteiger partial charge < -0.3 is 9.57 Å². The van der Waals surface area contributed by atoms with Crippen LogP contribution in [-0.2, 0) is 4.84 Å². The highest BCUT2D eigenvalue weighted by Gasteiger charge is 2.36. The van der Waals surface area contributed by atoms with E-state index in [-0.39, 0.29) is 26.3 Å². The smallest absolute Gasteiger partial charge is 0.198 e. The number of dihydropyridines is 1. The number of oxime groups is 1. The number of benzene rings is 2. The van der Waals surface area contributed by atoms with Crippen molar-refractivity contribution in [1.29, 1.82) is 0 Å². The number of nitrogens with zero attached hydrogens (tertiary/aromatic N) is 4. The normalized spacial score (nSPS) is 20.9. The molecule has 3 aliphatic rings. The first kappa shape index (κ1) is 32.5. The predicted molar refractivity (Wildman–Crippen MR) is 188 cm³/mol. The number of aromatic nitrogens is 2. The van der Waals surface area contributed by atoms with Gasteiger partial charge in [0.15, 0.2) is 11.6 Å². The van der Waals surface area contributed by atoms with Crippen molar-refractivity contribution in [1.82, 2.24) is 9.78 Å². The van der Waals surface area contributed by atoms with Gasteiger partial charge in [0, 0.05) is 35.7 Å². The maximum atomic E-state index is 14.1. The van der Waals surface area contributed by atoms with E-state index in [1.807, 2.05) is 56.3 Å². The molecule has 0 N–H and O–H groups in total. The van der Waals surface area contributed by atoms with Crippen LogP contribution in [0.2, 0.25) is 5.02 Å². The summed E-state index contributed by atoms with van der Waals surface area (Å²) in [4.78, 5) is 22.8. The number of ether oxygens (including phenoxy) is 1. The first-order chi connectivity index (χ1) is 21.6. The topological polar surface area (TPSA) is 78.1 Å². The lowest BCUT2D eigenvalue weighted by Gasteiger charge is -2.27. The minimum absolute atomic E-state index is 0.0229. The van der Waals surface area contributed by atoms with Gasteiger partial charge in [0.1, 0.15) is 29.4 Å². The SMILES string of the molecule is CC1CN=C(c2ccccc2PC(F)P)C(COc2ccc(C3CC(c4cc(C(=O)P)nn4C(C)C)=NO3)c(Cl)c2)=C1C1CC1. The summed E-state index contributed by atoms with van der Waals surface area (Å²) in [5.41, 5.74) is 5.91. The molecule has 1 saturated carbocycles. The van der Waals surface area contributed by atoms with E-state index in [1.165, 1.54) is 18.4 Å². The lowest BCUT2D eigenvalue weighted by Crippen LogP contribution is -2.27. The van der Waals surface area contributed by atoms with Crippen molar-refractivity contribution in [2.75, 3.05) is 13.2 Å². The fraction of sp³-hybridized carbons (Fsp3) is 0.394. The van der Waals surface area contributed by atoms with Gasteiger partial charge in [0.25, 0.3) is 0 Å². The van der Waals surface area contributed by atoms with Crippen LogP contribution in [0.15, 0.2) is 69.8 Å². The fourth-order valence-electron chi connectivity index (χ4n) is 6.10. The largest absolute Gasteiger partial charge is 0.489 e. The predicted octanol–water partition coefficient (Wildman–Crippen LogP) is 7.65. The molecule has 6 unspecified atom stereocenters. The van der Waals surface area contributed by atoms with Crippen LogP contribution < -0.4 is 10.0 Å². The quantitative estimate of drug-likeness (QED) is 0.195. The lowest BCUT2D eigenvalue weighted by molar-refractivity contribution is 0.0857. The van der Waals surface area contributed by atoms with E-state index in [4.69, 9.17) is 26.2 Å². The molecule has 0 amide bonds. The Labute approximate surface area is 274 Å². The van der Waals surface area contributed by atoms with E-state index in [1.54, 1.807) is 10.7 Å². The van der Waals surface area contributed by atoms with Gasteiger partial charge in [-0.05, 0) is 70.6 Å². The van der Waals surface area contributed by atoms with Crippen LogP contribution >= 0.6 is 38.7 Å². The molecule has 45 heavy (non-hydrogen) atoms. The molecule has 6 atom stereocenters. The van der Waals surface area contributed by atoms with Crippen molar-refractivity contribution in [2.24, 2.45) is 22.0 Å². The Bertz CT molecular complexity index is 1720. The van der Waals surface area contributed by atoms with Gasteiger partial charge in [-0.3, -0.25) is 14.5 Å². The minimum atomic E-state index is -0.999. The Morgan fingerprint density at radius 2 is 2.00 bits per heavy atom. The van der Waals surface area contributed by atoms with Crippen molar-refractivity contribution >= 4 is 60.9 Å². The zero-order chi connectivity index (χ0) is 31.8. The monoisotopic (exact) mass is 684 g/mol. The summed E-state index contributed by atoms with van der Waals surface area (Å²) in [5.74, 6) is 1.53. The number of hydrogen-bond acceptors (Lipinski definition) is 6. The summed E-state index contributed by atoms with van der Waals surface area (Å²) in [6.45, 7) is 7.32. The highest BCUT2D eigenvalue weighted by Crippen LogP contribution is 2.44. The molecule has 2 aliphatic heterocycles. The van der Waals surface area contributed by atoms with Crippen molar-refractivity contribution in [3.8, 4) is 5.75 Å². The van der Waals surface area contributed by atoms with E-state index in [0.717, 1.165) is 45.7 Å². The Morgan fingerprint density at radius 1 is 1.22 bits per heavy atom. The number of aliphatic imine (C=N–C) groups is 1. The molecule has 1 fully saturated rings. The first-order valence-corrected chi connectivity index (χ1v) is 17.9. The number of hydrogen-bond donors (Lipinski definition) is 0. The number of alkyl halides is 1. The molecule has 3 heterocycles. The molecule has 0 saturated heterocycles. The Balaban J connectivity index is 1.21. The van der Waals surface area contributed by atoms with E-state index in [9.17, 15) is 9.18 Å². The molecule has 1 aliphatic carbocycles. The van der Waals surface area contributed by atoms with Crippen molar-refractivity contribution in [3.63, 3.8) is 0 Å². The van der Waals surface area contributed by atoms with Gasteiger partial charge in [0.2, 0.25) is 0 Å². The summed E-state index contributed by atoms with van der Waals surface area (Å²) in [6, 6.07) is 15.4. The van der Waals surface area contributed by atoms with Crippen molar-refractivity contribution in [2.45, 2.75) is 57.8 Å². The molecule has 6 rings (SSSR count). The first-order valence-electron chi connectivity index (χ1n) is 15.2. The van der Waals surface area contributed by atoms with Crippen LogP contribution in [0.5, 0.6) is 5.75 Å².